The molecule has 1 aromatic carbocycles. The van der Waals surface area contributed by atoms with Crippen molar-refractivity contribution in [2.24, 2.45) is 0 Å². The number of nitrogens with one attached hydrogen (secondary N) is 1. The van der Waals surface area contributed by atoms with Crippen LogP contribution in [-0.2, 0) is 0 Å². The van der Waals surface area contributed by atoms with Crippen molar-refractivity contribution < 1.29 is 19.4 Å². The summed E-state index contributed by atoms with van der Waals surface area (Å²) < 4.78 is 5.13. The van der Waals surface area contributed by atoms with Crippen molar-refractivity contribution in [1.29, 1.82) is 0 Å². The number of rotatable bonds is 5. The lowest BCUT2D eigenvalue weighted by Gasteiger charge is -2.08. The molecule has 130 valence electrons. The molecular weight excluding hydrogens is 334 g/mol. The average molecular weight is 349 g/mol. The van der Waals surface area contributed by atoms with E-state index in [0.717, 1.165) is 16.9 Å². The first-order valence-electron chi connectivity index (χ1n) is 7.67. The lowest BCUT2D eigenvalue weighted by atomic mass is 10.1. The number of benzene rings is 1. The fourth-order valence-electron chi connectivity index (χ4n) is 2.36. The molecule has 2 N–H and O–H groups in total. The van der Waals surface area contributed by atoms with Crippen LogP contribution >= 0.6 is 0 Å². The van der Waals surface area contributed by atoms with E-state index < -0.39 is 11.9 Å². The fourth-order valence-corrected chi connectivity index (χ4v) is 2.36. The summed E-state index contributed by atoms with van der Waals surface area (Å²) in [6.07, 6.45) is 4.46. The predicted molar refractivity (Wildman–Crippen MR) is 95.4 cm³/mol. The van der Waals surface area contributed by atoms with Crippen molar-refractivity contribution in [3.05, 3.63) is 72.2 Å². The monoisotopic (exact) mass is 349 g/mol. The summed E-state index contributed by atoms with van der Waals surface area (Å²) in [4.78, 5) is 31.7. The number of pyridine rings is 2. The summed E-state index contributed by atoms with van der Waals surface area (Å²) in [6, 6.07) is 11.9. The zero-order chi connectivity index (χ0) is 18.5. The van der Waals surface area contributed by atoms with Crippen LogP contribution in [0.4, 0.5) is 5.82 Å². The molecule has 0 spiro atoms. The zero-order valence-electron chi connectivity index (χ0n) is 13.8. The van der Waals surface area contributed by atoms with E-state index in [2.05, 4.69) is 15.3 Å². The fraction of sp³-hybridized carbons (Fsp3) is 0.0526. The van der Waals surface area contributed by atoms with Crippen molar-refractivity contribution in [1.82, 2.24) is 9.97 Å². The van der Waals surface area contributed by atoms with E-state index in [-0.39, 0.29) is 11.4 Å². The molecule has 1 amide bonds. The standard InChI is InChI=1S/C19H15N3O4/c1-26-15-6-4-12(5-7-15)13-9-14(11-20-10-13)18(23)22-17-16(19(24)25)3-2-8-21-17/h2-11H,1H3,(H,24,25)(H,21,22,23). The highest BCUT2D eigenvalue weighted by Gasteiger charge is 2.15. The number of amides is 1. The first kappa shape index (κ1) is 17.1. The molecule has 0 radical (unpaired) electrons. The summed E-state index contributed by atoms with van der Waals surface area (Å²) >= 11 is 0. The molecule has 2 heterocycles. The van der Waals surface area contributed by atoms with Gasteiger partial charge in [0.2, 0.25) is 0 Å². The molecular formula is C19H15N3O4. The number of carboxylic acids is 1. The normalized spacial score (nSPS) is 10.2. The van der Waals surface area contributed by atoms with Gasteiger partial charge in [0.1, 0.15) is 17.1 Å². The van der Waals surface area contributed by atoms with Crippen LogP contribution < -0.4 is 10.1 Å². The van der Waals surface area contributed by atoms with Crippen LogP contribution in [0.2, 0.25) is 0 Å². The molecule has 0 saturated carbocycles. The minimum Gasteiger partial charge on any atom is -0.497 e. The van der Waals surface area contributed by atoms with Gasteiger partial charge in [-0.1, -0.05) is 12.1 Å². The summed E-state index contributed by atoms with van der Waals surface area (Å²) in [6.45, 7) is 0. The topological polar surface area (TPSA) is 101 Å². The van der Waals surface area contributed by atoms with Gasteiger partial charge < -0.3 is 15.2 Å². The Morgan fingerprint density at radius 3 is 2.54 bits per heavy atom. The Hall–Kier alpha value is -3.74. The minimum atomic E-state index is -1.17. The number of carbonyl (C=O) groups is 2. The van der Waals surface area contributed by atoms with Crippen molar-refractivity contribution in [3.63, 3.8) is 0 Å². The van der Waals surface area contributed by atoms with Gasteiger partial charge in [0.15, 0.2) is 0 Å². The summed E-state index contributed by atoms with van der Waals surface area (Å²) in [5.41, 5.74) is 1.83. The summed E-state index contributed by atoms with van der Waals surface area (Å²) in [7, 11) is 1.59. The highest BCUT2D eigenvalue weighted by Crippen LogP contribution is 2.23. The Morgan fingerprint density at radius 1 is 1.08 bits per heavy atom. The SMILES string of the molecule is COc1ccc(-c2cncc(C(=O)Nc3ncccc3C(=O)O)c2)cc1. The Bertz CT molecular complexity index is 955. The van der Waals surface area contributed by atoms with Crippen molar-refractivity contribution in [2.75, 3.05) is 12.4 Å². The quantitative estimate of drug-likeness (QED) is 0.734. The number of anilines is 1. The summed E-state index contributed by atoms with van der Waals surface area (Å²) in [5.74, 6) is -0.945. The summed E-state index contributed by atoms with van der Waals surface area (Å²) in [5, 5.41) is 11.7. The molecule has 3 rings (SSSR count). The second-order valence-corrected chi connectivity index (χ2v) is 5.35. The number of aromatic carboxylic acids is 1. The van der Waals surface area contributed by atoms with Crippen LogP contribution in [0, 0.1) is 0 Å². The highest BCUT2D eigenvalue weighted by molar-refractivity contribution is 6.07. The highest BCUT2D eigenvalue weighted by atomic mass is 16.5. The van der Waals surface area contributed by atoms with Gasteiger partial charge in [-0.15, -0.1) is 0 Å². The third-order valence-electron chi connectivity index (χ3n) is 3.69. The largest absolute Gasteiger partial charge is 0.497 e. The molecule has 0 atom stereocenters. The van der Waals surface area contributed by atoms with Crippen LogP contribution in [0.3, 0.4) is 0 Å². The molecule has 7 nitrogen and oxygen atoms in total. The number of carboxylic acid groups (broad SMARTS) is 1. The number of hydrogen-bond donors (Lipinski definition) is 2. The van der Waals surface area contributed by atoms with Crippen molar-refractivity contribution in [3.8, 4) is 16.9 Å². The van der Waals surface area contributed by atoms with E-state index >= 15 is 0 Å². The van der Waals surface area contributed by atoms with Gasteiger partial charge in [0.05, 0.1) is 12.7 Å². The first-order chi connectivity index (χ1) is 12.6. The van der Waals surface area contributed by atoms with Crippen molar-refractivity contribution >= 4 is 17.7 Å². The number of nitrogens with zero attached hydrogens (tertiary/aromatic N) is 2. The lowest BCUT2D eigenvalue weighted by molar-refractivity contribution is 0.0697. The number of ether oxygens (including phenoxy) is 1. The molecule has 0 aliphatic rings. The van der Waals surface area contributed by atoms with Gasteiger partial charge in [0, 0.05) is 24.2 Å². The van der Waals surface area contributed by atoms with Gasteiger partial charge in [-0.3, -0.25) is 9.78 Å². The molecule has 26 heavy (non-hydrogen) atoms. The van der Waals surface area contributed by atoms with Crippen LogP contribution in [0.1, 0.15) is 20.7 Å². The van der Waals surface area contributed by atoms with Gasteiger partial charge in [-0.05, 0) is 35.9 Å². The minimum absolute atomic E-state index is 0.0140. The van der Waals surface area contributed by atoms with E-state index in [1.54, 1.807) is 19.4 Å². The Balaban J connectivity index is 1.86. The molecule has 7 heteroatoms. The maximum atomic E-state index is 12.5. The third-order valence-corrected chi connectivity index (χ3v) is 3.69. The Labute approximate surface area is 149 Å². The third kappa shape index (κ3) is 3.67. The van der Waals surface area contributed by atoms with Crippen molar-refractivity contribution in [2.45, 2.75) is 0 Å². The van der Waals surface area contributed by atoms with Gasteiger partial charge in [-0.25, -0.2) is 9.78 Å². The van der Waals surface area contributed by atoms with Crippen LogP contribution in [0.25, 0.3) is 11.1 Å². The molecule has 0 saturated heterocycles. The van der Waals surface area contributed by atoms with Gasteiger partial charge in [-0.2, -0.15) is 0 Å². The maximum Gasteiger partial charge on any atom is 0.339 e. The molecule has 0 aliphatic heterocycles. The van der Waals surface area contributed by atoms with Gasteiger partial charge in [0.25, 0.3) is 5.91 Å². The van der Waals surface area contributed by atoms with Crippen LogP contribution in [-0.4, -0.2) is 34.1 Å². The van der Waals surface area contributed by atoms with Crippen LogP contribution in [0.15, 0.2) is 61.1 Å². The number of aromatic nitrogens is 2. The second-order valence-electron chi connectivity index (χ2n) is 5.35. The second kappa shape index (κ2) is 7.43. The van der Waals surface area contributed by atoms with Crippen LogP contribution in [0.5, 0.6) is 5.75 Å². The van der Waals surface area contributed by atoms with E-state index in [1.807, 2.05) is 24.3 Å². The number of hydrogen-bond acceptors (Lipinski definition) is 5. The van der Waals surface area contributed by atoms with Gasteiger partial charge >= 0.3 is 5.97 Å². The molecule has 0 bridgehead atoms. The Morgan fingerprint density at radius 2 is 1.85 bits per heavy atom. The number of carbonyl (C=O) groups excluding carboxylic acids is 1. The van der Waals surface area contributed by atoms with E-state index in [0.29, 0.717) is 5.56 Å². The maximum absolute atomic E-state index is 12.5. The Kier molecular flexibility index (Phi) is 4.89. The molecule has 3 aromatic rings. The molecule has 0 fully saturated rings. The average Bonchev–Trinajstić information content (AvgIpc) is 2.68. The lowest BCUT2D eigenvalue weighted by Crippen LogP contribution is -2.16. The zero-order valence-corrected chi connectivity index (χ0v) is 13.8. The number of methoxy groups -OCH3 is 1. The van der Waals surface area contributed by atoms with E-state index in [9.17, 15) is 14.7 Å². The molecule has 2 aromatic heterocycles. The smallest absolute Gasteiger partial charge is 0.339 e. The first-order valence-corrected chi connectivity index (χ1v) is 7.67. The molecule has 0 aliphatic carbocycles. The van der Waals surface area contributed by atoms with E-state index in [4.69, 9.17) is 4.74 Å². The molecule has 0 unspecified atom stereocenters. The van der Waals surface area contributed by atoms with E-state index in [1.165, 1.54) is 24.5 Å². The predicted octanol–water partition coefficient (Wildman–Crippen LogP) is 3.10.